The number of rotatable bonds is 7. The highest BCUT2D eigenvalue weighted by Crippen LogP contribution is 2.29. The lowest BCUT2D eigenvalue weighted by Gasteiger charge is -2.13. The fourth-order valence-corrected chi connectivity index (χ4v) is 3.80. The summed E-state index contributed by atoms with van der Waals surface area (Å²) in [5.74, 6) is -0.742. The molecule has 0 saturated carbocycles. The van der Waals surface area contributed by atoms with Crippen molar-refractivity contribution in [2.24, 2.45) is 0 Å². The molecule has 2 aromatic rings. The van der Waals surface area contributed by atoms with Gasteiger partial charge in [0.25, 0.3) is 11.6 Å². The number of halogens is 1. The Morgan fingerprint density at radius 1 is 1.24 bits per heavy atom. The molecule has 154 valence electrons. The van der Waals surface area contributed by atoms with Crippen molar-refractivity contribution in [3.8, 4) is 0 Å². The fourth-order valence-electron chi connectivity index (χ4n) is 3.25. The number of hydrogen-bond acceptors (Lipinski definition) is 6. The molecule has 1 unspecified atom stereocenters. The quantitative estimate of drug-likeness (QED) is 0.299. The number of ketones is 1. The number of benzene rings is 2. The molecule has 7 nitrogen and oxygen atoms in total. The molecule has 1 saturated heterocycles. The third-order valence-electron chi connectivity index (χ3n) is 4.73. The van der Waals surface area contributed by atoms with Crippen molar-refractivity contribution in [3.05, 3.63) is 69.3 Å². The highest BCUT2D eigenvalue weighted by atomic mass is 35.5. The Hall–Kier alpha value is -2.42. The van der Waals surface area contributed by atoms with E-state index in [1.807, 2.05) is 0 Å². The molecule has 29 heavy (non-hydrogen) atoms. The minimum atomic E-state index is -0.504. The molecule has 0 spiro atoms. The van der Waals surface area contributed by atoms with Crippen LogP contribution < -0.4 is 10.6 Å². The minimum absolute atomic E-state index is 0. The van der Waals surface area contributed by atoms with E-state index in [2.05, 4.69) is 10.6 Å². The Morgan fingerprint density at radius 3 is 2.59 bits per heavy atom. The van der Waals surface area contributed by atoms with Crippen molar-refractivity contribution < 1.29 is 14.5 Å². The summed E-state index contributed by atoms with van der Waals surface area (Å²) >= 11 is 1.24. The van der Waals surface area contributed by atoms with Gasteiger partial charge in [0.15, 0.2) is 5.78 Å². The second kappa shape index (κ2) is 10.4. The number of carbonyl (C=O) groups is 2. The van der Waals surface area contributed by atoms with Crippen molar-refractivity contribution in [1.29, 1.82) is 0 Å². The van der Waals surface area contributed by atoms with Gasteiger partial charge in [-0.15, -0.1) is 24.2 Å². The van der Waals surface area contributed by atoms with E-state index >= 15 is 0 Å². The molecule has 0 radical (unpaired) electrons. The van der Waals surface area contributed by atoms with Gasteiger partial charge in [-0.1, -0.05) is 18.2 Å². The number of hydrogen-bond donors (Lipinski definition) is 2. The topological polar surface area (TPSA) is 101 Å². The summed E-state index contributed by atoms with van der Waals surface area (Å²) in [5, 5.41) is 17.5. The number of nitro groups is 1. The van der Waals surface area contributed by atoms with Gasteiger partial charge in [-0.25, -0.2) is 0 Å². The van der Waals surface area contributed by atoms with Crippen LogP contribution in [0.25, 0.3) is 0 Å². The Balaban J connectivity index is 0.00000300. The van der Waals surface area contributed by atoms with Gasteiger partial charge in [0, 0.05) is 29.8 Å². The van der Waals surface area contributed by atoms with E-state index in [1.54, 1.807) is 42.7 Å². The molecular weight excluding hydrogens is 414 g/mol. The Kier molecular flexibility index (Phi) is 8.19. The second-order valence-electron chi connectivity index (χ2n) is 6.52. The molecule has 2 aromatic carbocycles. The minimum Gasteiger partial charge on any atom is -0.350 e. The van der Waals surface area contributed by atoms with Crippen LogP contribution in [0.5, 0.6) is 0 Å². The van der Waals surface area contributed by atoms with Crippen LogP contribution in [0.4, 0.5) is 5.69 Å². The van der Waals surface area contributed by atoms with Gasteiger partial charge < -0.3 is 10.6 Å². The number of thioether (sulfide) groups is 1. The molecule has 1 fully saturated rings. The van der Waals surface area contributed by atoms with Crippen molar-refractivity contribution in [2.75, 3.05) is 19.3 Å². The average Bonchev–Trinajstić information content (AvgIpc) is 3.24. The van der Waals surface area contributed by atoms with Crippen LogP contribution in [0.15, 0.2) is 47.4 Å². The van der Waals surface area contributed by atoms with Gasteiger partial charge in [0.1, 0.15) is 0 Å². The lowest BCUT2D eigenvalue weighted by molar-refractivity contribution is -0.387. The number of nitrogens with one attached hydrogen (secondary N) is 2. The normalized spacial score (nSPS) is 15.4. The van der Waals surface area contributed by atoms with E-state index in [1.165, 1.54) is 17.8 Å². The maximum absolute atomic E-state index is 13.0. The van der Waals surface area contributed by atoms with Gasteiger partial charge in [-0.05, 0) is 43.8 Å². The van der Waals surface area contributed by atoms with E-state index in [0.29, 0.717) is 11.4 Å². The summed E-state index contributed by atoms with van der Waals surface area (Å²) in [4.78, 5) is 36.9. The van der Waals surface area contributed by atoms with Crippen LogP contribution in [0.2, 0.25) is 0 Å². The first kappa shape index (κ1) is 22.9. The highest BCUT2D eigenvalue weighted by molar-refractivity contribution is 7.98. The third kappa shape index (κ3) is 5.35. The first-order valence-corrected chi connectivity index (χ1v) is 10.2. The number of nitrogens with zero attached hydrogens (tertiary/aromatic N) is 1. The molecule has 0 aliphatic carbocycles. The predicted octanol–water partition coefficient (Wildman–Crippen LogP) is 3.45. The highest BCUT2D eigenvalue weighted by Gasteiger charge is 2.22. The zero-order valence-corrected chi connectivity index (χ0v) is 17.5. The molecule has 0 aromatic heterocycles. The molecule has 1 heterocycles. The van der Waals surface area contributed by atoms with Crippen LogP contribution in [-0.2, 0) is 0 Å². The van der Waals surface area contributed by atoms with Crippen LogP contribution in [-0.4, -0.2) is 42.0 Å². The maximum Gasteiger partial charge on any atom is 0.283 e. The molecule has 0 bridgehead atoms. The Labute approximate surface area is 179 Å². The smallest absolute Gasteiger partial charge is 0.283 e. The van der Waals surface area contributed by atoms with E-state index in [-0.39, 0.29) is 46.7 Å². The number of nitro benzene ring substituents is 1. The van der Waals surface area contributed by atoms with Crippen molar-refractivity contribution in [3.63, 3.8) is 0 Å². The zero-order chi connectivity index (χ0) is 20.1. The standard InChI is InChI=1S/C20H21N3O4S.ClH/c1-28-18-9-8-13(11-17(18)23(26)27)19(24)15-6-2-3-7-16(15)20(25)22-12-14-5-4-10-21-14;/h2-3,6-9,11,14,21H,4-5,10,12H2,1H3,(H,22,25);1H. The predicted molar refractivity (Wildman–Crippen MR) is 115 cm³/mol. The van der Waals surface area contributed by atoms with Gasteiger partial charge in [0.2, 0.25) is 0 Å². The van der Waals surface area contributed by atoms with E-state index < -0.39 is 10.7 Å². The van der Waals surface area contributed by atoms with E-state index in [9.17, 15) is 19.7 Å². The maximum atomic E-state index is 13.0. The summed E-state index contributed by atoms with van der Waals surface area (Å²) in [5.41, 5.74) is 0.558. The first-order valence-electron chi connectivity index (χ1n) is 8.99. The molecule has 3 rings (SSSR count). The number of amides is 1. The average molecular weight is 436 g/mol. The van der Waals surface area contributed by atoms with Gasteiger partial charge in [0.05, 0.1) is 15.4 Å². The van der Waals surface area contributed by atoms with E-state index in [4.69, 9.17) is 0 Å². The molecule has 9 heteroatoms. The van der Waals surface area contributed by atoms with Crippen molar-refractivity contribution in [2.45, 2.75) is 23.8 Å². The van der Waals surface area contributed by atoms with Gasteiger partial charge >= 0.3 is 0 Å². The molecule has 1 atom stereocenters. The monoisotopic (exact) mass is 435 g/mol. The molecule has 1 aliphatic rings. The van der Waals surface area contributed by atoms with Gasteiger partial charge in [-0.3, -0.25) is 19.7 Å². The lowest BCUT2D eigenvalue weighted by Crippen LogP contribution is -2.37. The number of carbonyl (C=O) groups excluding carboxylic acids is 2. The molecule has 1 amide bonds. The second-order valence-corrected chi connectivity index (χ2v) is 7.37. The Bertz CT molecular complexity index is 916. The largest absolute Gasteiger partial charge is 0.350 e. The van der Waals surface area contributed by atoms with Gasteiger partial charge in [-0.2, -0.15) is 0 Å². The summed E-state index contributed by atoms with van der Waals surface area (Å²) < 4.78 is 0. The summed E-state index contributed by atoms with van der Waals surface area (Å²) in [7, 11) is 0. The first-order chi connectivity index (χ1) is 13.5. The summed E-state index contributed by atoms with van der Waals surface area (Å²) in [6.07, 6.45) is 3.83. The third-order valence-corrected chi connectivity index (χ3v) is 5.51. The van der Waals surface area contributed by atoms with Crippen LogP contribution in [0, 0.1) is 10.1 Å². The molecular formula is C20H22ClN3O4S. The SMILES string of the molecule is CSc1ccc(C(=O)c2ccccc2C(=O)NCC2CCCN2)cc1[N+](=O)[O-].Cl. The molecule has 2 N–H and O–H groups in total. The zero-order valence-electron chi connectivity index (χ0n) is 15.8. The van der Waals surface area contributed by atoms with Crippen molar-refractivity contribution >= 4 is 41.5 Å². The Morgan fingerprint density at radius 2 is 1.97 bits per heavy atom. The summed E-state index contributed by atoms with van der Waals surface area (Å²) in [6.45, 7) is 1.44. The lowest BCUT2D eigenvalue weighted by atomic mass is 9.97. The van der Waals surface area contributed by atoms with Crippen molar-refractivity contribution in [1.82, 2.24) is 10.6 Å². The van der Waals surface area contributed by atoms with E-state index in [0.717, 1.165) is 19.4 Å². The van der Waals surface area contributed by atoms with Crippen LogP contribution in [0.1, 0.15) is 39.1 Å². The van der Waals surface area contributed by atoms with Crippen LogP contribution >= 0.6 is 24.2 Å². The van der Waals surface area contributed by atoms with Crippen LogP contribution in [0.3, 0.4) is 0 Å². The summed E-state index contributed by atoms with van der Waals surface area (Å²) in [6, 6.07) is 11.2. The molecule has 1 aliphatic heterocycles. The fraction of sp³-hybridized carbons (Fsp3) is 0.300.